The van der Waals surface area contributed by atoms with Gasteiger partial charge in [0.25, 0.3) is 0 Å². The summed E-state index contributed by atoms with van der Waals surface area (Å²) in [6.07, 6.45) is 5.80. The molecule has 4 aromatic heterocycles. The second-order valence-electron chi connectivity index (χ2n) is 8.60. The third-order valence-corrected chi connectivity index (χ3v) is 6.26. The molecule has 10 nitrogen and oxygen atoms in total. The zero-order valence-electron chi connectivity index (χ0n) is 19.4. The molecule has 0 spiro atoms. The molecule has 10 heteroatoms. The van der Waals surface area contributed by atoms with E-state index in [2.05, 4.69) is 26.3 Å². The molecule has 0 radical (unpaired) electrons. The topological polar surface area (TPSA) is 132 Å². The number of H-pyrrole nitrogens is 1. The van der Waals surface area contributed by atoms with Crippen molar-refractivity contribution in [2.24, 2.45) is 0 Å². The van der Waals surface area contributed by atoms with Crippen LogP contribution in [0.5, 0.6) is 0 Å². The molecule has 176 valence electrons. The molecule has 36 heavy (non-hydrogen) atoms. The van der Waals surface area contributed by atoms with Crippen molar-refractivity contribution < 1.29 is 5.11 Å². The Morgan fingerprint density at radius 1 is 1.11 bits per heavy atom. The van der Waals surface area contributed by atoms with Gasteiger partial charge in [-0.3, -0.25) is 0 Å². The van der Waals surface area contributed by atoms with Gasteiger partial charge in [-0.1, -0.05) is 23.4 Å². The molecule has 0 unspecified atom stereocenters. The first-order chi connectivity index (χ1) is 17.6. The minimum atomic E-state index is 0.360. The molecule has 5 heterocycles. The number of hydrogen-bond donors (Lipinski definition) is 2. The van der Waals surface area contributed by atoms with Crippen molar-refractivity contribution in [3.8, 4) is 28.6 Å². The van der Waals surface area contributed by atoms with Crippen LogP contribution in [0.15, 0.2) is 66.9 Å². The lowest BCUT2D eigenvalue weighted by Crippen LogP contribution is -2.14. The maximum Gasteiger partial charge on any atom is 0.158 e. The summed E-state index contributed by atoms with van der Waals surface area (Å²) < 4.78 is 1.74. The number of anilines is 1. The number of aromatic nitrogens is 7. The second-order valence-corrected chi connectivity index (χ2v) is 8.60. The van der Waals surface area contributed by atoms with Gasteiger partial charge >= 0.3 is 0 Å². The summed E-state index contributed by atoms with van der Waals surface area (Å²) in [7, 11) is 0. The Labute approximate surface area is 206 Å². The van der Waals surface area contributed by atoms with Crippen LogP contribution in [0, 0.1) is 18.3 Å². The predicted octanol–water partition coefficient (Wildman–Crippen LogP) is 4.12. The van der Waals surface area contributed by atoms with Crippen LogP contribution >= 0.6 is 0 Å². The highest BCUT2D eigenvalue weighted by Gasteiger charge is 2.17. The second kappa shape index (κ2) is 8.63. The zero-order valence-corrected chi connectivity index (χ0v) is 19.4. The molecule has 5 aromatic rings. The highest BCUT2D eigenvalue weighted by Crippen LogP contribution is 2.31. The molecule has 6 rings (SSSR count). The van der Waals surface area contributed by atoms with E-state index in [1.54, 1.807) is 23.3 Å². The number of fused-ring (bicyclic) bond motifs is 1. The van der Waals surface area contributed by atoms with Gasteiger partial charge in [0.2, 0.25) is 0 Å². The number of nitrogens with zero attached hydrogens (tertiary/aromatic N) is 8. The summed E-state index contributed by atoms with van der Waals surface area (Å²) in [6, 6.07) is 15.6. The van der Waals surface area contributed by atoms with Crippen molar-refractivity contribution in [1.82, 2.24) is 34.9 Å². The van der Waals surface area contributed by atoms with Gasteiger partial charge in [-0.15, -0.1) is 5.10 Å². The zero-order chi connectivity index (χ0) is 24.6. The maximum atomic E-state index is 9.71. The van der Waals surface area contributed by atoms with Crippen LogP contribution in [0.3, 0.4) is 0 Å². The molecule has 1 aliphatic rings. The number of aliphatic hydroxyl groups excluding tert-OH is 1. The molecule has 0 atom stereocenters. The number of nitrogens with one attached hydrogen (secondary N) is 1. The van der Waals surface area contributed by atoms with Gasteiger partial charge in [-0.05, 0) is 36.8 Å². The van der Waals surface area contributed by atoms with Crippen LogP contribution in [-0.2, 0) is 6.54 Å². The van der Waals surface area contributed by atoms with Gasteiger partial charge in [0.1, 0.15) is 22.8 Å². The molecule has 2 N–H and O–H groups in total. The Kier molecular flexibility index (Phi) is 5.15. The van der Waals surface area contributed by atoms with E-state index in [1.807, 2.05) is 54.4 Å². The lowest BCUT2D eigenvalue weighted by Gasteiger charge is -2.14. The molecule has 0 amide bonds. The van der Waals surface area contributed by atoms with Gasteiger partial charge < -0.3 is 15.0 Å². The highest BCUT2D eigenvalue weighted by atomic mass is 16.3. The highest BCUT2D eigenvalue weighted by molar-refractivity contribution is 5.91. The summed E-state index contributed by atoms with van der Waals surface area (Å²) in [6.45, 7) is 3.06. The van der Waals surface area contributed by atoms with E-state index in [9.17, 15) is 10.4 Å². The number of hydrogen-bond acceptors (Lipinski definition) is 8. The Morgan fingerprint density at radius 3 is 2.83 bits per heavy atom. The van der Waals surface area contributed by atoms with Gasteiger partial charge in [-0.2, -0.15) is 5.26 Å². The monoisotopic (exact) mass is 475 g/mol. The van der Waals surface area contributed by atoms with Crippen LogP contribution in [-0.4, -0.2) is 46.6 Å². The standard InChI is InChI=1S/C26H21N9O/c1-16-17(11-27)4-2-6-20(16)22-10-21(25-26(31-22)29-15-28-25)23-14-35(33-32-23)12-18-5-3-7-24(30-18)34-9-8-19(36)13-34/h2-7,10,13-15,36H,8-9,12H2,1H3,(H,28,29,31). The Balaban J connectivity index is 1.34. The van der Waals surface area contributed by atoms with Crippen molar-refractivity contribution >= 4 is 17.0 Å². The molecule has 0 saturated heterocycles. The largest absolute Gasteiger partial charge is 0.511 e. The molecular formula is C26H21N9O. The first-order valence-corrected chi connectivity index (χ1v) is 11.5. The van der Waals surface area contributed by atoms with Gasteiger partial charge in [-0.25, -0.2) is 19.6 Å². The van der Waals surface area contributed by atoms with Gasteiger partial charge in [0.05, 0.1) is 42.1 Å². The molecule has 0 saturated carbocycles. The summed E-state index contributed by atoms with van der Waals surface area (Å²) in [5.41, 5.74) is 6.69. The minimum absolute atomic E-state index is 0.360. The Bertz CT molecular complexity index is 1670. The average Bonchev–Trinajstić information content (AvgIpc) is 3.65. The van der Waals surface area contributed by atoms with Gasteiger partial charge in [0.15, 0.2) is 5.65 Å². The predicted molar refractivity (Wildman–Crippen MR) is 134 cm³/mol. The molecule has 0 aliphatic carbocycles. The van der Waals surface area contributed by atoms with Crippen molar-refractivity contribution in [3.05, 3.63) is 83.8 Å². The van der Waals surface area contributed by atoms with Crippen LogP contribution in [0.2, 0.25) is 0 Å². The summed E-state index contributed by atoms with van der Waals surface area (Å²) >= 11 is 0. The Hall–Kier alpha value is -5.04. The normalized spacial score (nSPS) is 13.2. The number of rotatable bonds is 5. The van der Waals surface area contributed by atoms with E-state index < -0.39 is 0 Å². The number of imidazole rings is 1. The SMILES string of the molecule is Cc1c(C#N)cccc1-c1cc(-c2cn(Cc3cccc(N4C=C(O)CC4)n3)nn2)c2nc[nH]c2n1. The van der Waals surface area contributed by atoms with Crippen molar-refractivity contribution in [2.45, 2.75) is 19.9 Å². The van der Waals surface area contributed by atoms with Crippen molar-refractivity contribution in [1.29, 1.82) is 5.26 Å². The number of pyridine rings is 2. The fourth-order valence-corrected chi connectivity index (χ4v) is 4.40. The lowest BCUT2D eigenvalue weighted by molar-refractivity contribution is 0.400. The molecule has 0 fully saturated rings. The molecular weight excluding hydrogens is 454 g/mol. The summed E-state index contributed by atoms with van der Waals surface area (Å²) in [4.78, 5) is 18.9. The number of aliphatic hydroxyl groups is 1. The first-order valence-electron chi connectivity index (χ1n) is 11.5. The Morgan fingerprint density at radius 2 is 2.00 bits per heavy atom. The number of benzene rings is 1. The third kappa shape index (κ3) is 3.82. The van der Waals surface area contributed by atoms with E-state index in [0.717, 1.165) is 33.9 Å². The number of aromatic amines is 1. The molecule has 1 aliphatic heterocycles. The maximum absolute atomic E-state index is 9.71. The van der Waals surface area contributed by atoms with E-state index in [1.165, 1.54) is 0 Å². The third-order valence-electron chi connectivity index (χ3n) is 6.26. The van der Waals surface area contributed by atoms with E-state index in [-0.39, 0.29) is 0 Å². The van der Waals surface area contributed by atoms with Crippen molar-refractivity contribution in [3.63, 3.8) is 0 Å². The van der Waals surface area contributed by atoms with Crippen LogP contribution < -0.4 is 4.90 Å². The summed E-state index contributed by atoms with van der Waals surface area (Å²) in [5, 5.41) is 27.9. The van der Waals surface area contributed by atoms with Crippen LogP contribution in [0.1, 0.15) is 23.2 Å². The van der Waals surface area contributed by atoms with Crippen molar-refractivity contribution in [2.75, 3.05) is 11.4 Å². The molecule has 1 aromatic carbocycles. The fourth-order valence-electron chi connectivity index (χ4n) is 4.40. The fraction of sp³-hybridized carbons (Fsp3) is 0.154. The quantitative estimate of drug-likeness (QED) is 0.388. The number of nitriles is 1. The van der Waals surface area contributed by atoms with E-state index >= 15 is 0 Å². The van der Waals surface area contributed by atoms with E-state index in [4.69, 9.17) is 9.97 Å². The minimum Gasteiger partial charge on any atom is -0.511 e. The molecule has 0 bridgehead atoms. The lowest BCUT2D eigenvalue weighted by atomic mass is 9.99. The first kappa shape index (κ1) is 21.5. The van der Waals surface area contributed by atoms with Crippen LogP contribution in [0.4, 0.5) is 5.82 Å². The van der Waals surface area contributed by atoms with Crippen LogP contribution in [0.25, 0.3) is 33.7 Å². The average molecular weight is 476 g/mol. The van der Waals surface area contributed by atoms with E-state index in [0.29, 0.717) is 47.7 Å². The smallest absolute Gasteiger partial charge is 0.158 e. The summed E-state index contributed by atoms with van der Waals surface area (Å²) in [5.74, 6) is 1.14. The van der Waals surface area contributed by atoms with Gasteiger partial charge in [0, 0.05) is 30.3 Å².